The van der Waals surface area contributed by atoms with E-state index in [1.54, 1.807) is 14.0 Å². The number of carboxylic acid groups (broad SMARTS) is 1. The zero-order valence-electron chi connectivity index (χ0n) is 13.8. The van der Waals surface area contributed by atoms with Crippen LogP contribution in [0.5, 0.6) is 5.75 Å². The predicted octanol–water partition coefficient (Wildman–Crippen LogP) is 1.14. The molecule has 0 radical (unpaired) electrons. The van der Waals surface area contributed by atoms with Crippen LogP contribution in [0.3, 0.4) is 0 Å². The fraction of sp³-hybridized carbons (Fsp3) is 0.400. The van der Waals surface area contributed by atoms with Crippen LogP contribution in [0, 0.1) is 5.92 Å². The SMILES string of the molecule is COc1cc(N(C)C)ccc1C1C(C(=O)O)C(C)=Nc2nnnn21. The molecule has 126 valence electrons. The number of aromatic nitrogens is 4. The van der Waals surface area contributed by atoms with Gasteiger partial charge in [0.1, 0.15) is 17.7 Å². The molecule has 9 heteroatoms. The molecule has 0 bridgehead atoms. The van der Waals surface area contributed by atoms with Crippen LogP contribution in [0.2, 0.25) is 0 Å². The number of tetrazole rings is 1. The number of ether oxygens (including phenoxy) is 1. The van der Waals surface area contributed by atoms with Gasteiger partial charge >= 0.3 is 5.97 Å². The van der Waals surface area contributed by atoms with E-state index in [4.69, 9.17) is 4.74 Å². The largest absolute Gasteiger partial charge is 0.496 e. The van der Waals surface area contributed by atoms with Crippen molar-refractivity contribution in [3.63, 3.8) is 0 Å². The van der Waals surface area contributed by atoms with Gasteiger partial charge < -0.3 is 14.7 Å². The molecule has 0 saturated heterocycles. The molecule has 0 fully saturated rings. The van der Waals surface area contributed by atoms with Crippen molar-refractivity contribution >= 4 is 23.3 Å². The lowest BCUT2D eigenvalue weighted by atomic mass is 9.88. The number of anilines is 1. The second-order valence-corrected chi connectivity index (χ2v) is 5.76. The number of hydrogen-bond donors (Lipinski definition) is 1. The van der Waals surface area contributed by atoms with Gasteiger partial charge in [-0.1, -0.05) is 11.2 Å². The summed E-state index contributed by atoms with van der Waals surface area (Å²) in [7, 11) is 5.40. The van der Waals surface area contributed by atoms with E-state index in [1.807, 2.05) is 37.2 Å². The molecular weight excluding hydrogens is 312 g/mol. The Kier molecular flexibility index (Phi) is 3.92. The highest BCUT2D eigenvalue weighted by molar-refractivity contribution is 6.02. The van der Waals surface area contributed by atoms with Crippen molar-refractivity contribution in [1.82, 2.24) is 20.2 Å². The Morgan fingerprint density at radius 1 is 1.38 bits per heavy atom. The van der Waals surface area contributed by atoms with Gasteiger partial charge in [0.05, 0.1) is 7.11 Å². The number of hydrogen-bond acceptors (Lipinski definition) is 7. The molecule has 2 heterocycles. The minimum atomic E-state index is -0.985. The molecular formula is C15H18N6O3. The zero-order valence-corrected chi connectivity index (χ0v) is 13.8. The molecule has 24 heavy (non-hydrogen) atoms. The molecule has 1 aromatic heterocycles. The van der Waals surface area contributed by atoms with E-state index in [-0.39, 0.29) is 5.95 Å². The van der Waals surface area contributed by atoms with Gasteiger partial charge in [-0.25, -0.2) is 9.67 Å². The summed E-state index contributed by atoms with van der Waals surface area (Å²) >= 11 is 0. The minimum absolute atomic E-state index is 0.286. The van der Waals surface area contributed by atoms with Gasteiger partial charge in [0.15, 0.2) is 0 Å². The van der Waals surface area contributed by atoms with Gasteiger partial charge in [-0.2, -0.15) is 0 Å². The Bertz CT molecular complexity index is 813. The Balaban J connectivity index is 2.19. The first-order chi connectivity index (χ1) is 11.4. The maximum atomic E-state index is 11.8. The van der Waals surface area contributed by atoms with Crippen molar-refractivity contribution in [2.45, 2.75) is 13.0 Å². The molecule has 2 unspecified atom stereocenters. The number of carbonyl (C=O) groups is 1. The summed E-state index contributed by atoms with van der Waals surface area (Å²) in [5.41, 5.74) is 2.09. The summed E-state index contributed by atoms with van der Waals surface area (Å²) in [6.45, 7) is 1.67. The van der Waals surface area contributed by atoms with Crippen molar-refractivity contribution in [2.75, 3.05) is 26.1 Å². The lowest BCUT2D eigenvalue weighted by Crippen LogP contribution is -2.36. The summed E-state index contributed by atoms with van der Waals surface area (Å²) in [4.78, 5) is 18.0. The second kappa shape index (κ2) is 5.91. The van der Waals surface area contributed by atoms with E-state index in [0.717, 1.165) is 5.69 Å². The Labute approximate surface area is 138 Å². The van der Waals surface area contributed by atoms with Gasteiger partial charge in [0.2, 0.25) is 0 Å². The van der Waals surface area contributed by atoms with Crippen LogP contribution in [0.1, 0.15) is 18.5 Å². The monoisotopic (exact) mass is 330 g/mol. The number of fused-ring (bicyclic) bond motifs is 1. The third kappa shape index (κ3) is 2.47. The lowest BCUT2D eigenvalue weighted by Gasteiger charge is -2.29. The number of nitrogens with zero attached hydrogens (tertiary/aromatic N) is 6. The topological polar surface area (TPSA) is 106 Å². The minimum Gasteiger partial charge on any atom is -0.496 e. The first-order valence-corrected chi connectivity index (χ1v) is 7.35. The molecule has 1 N–H and O–H groups in total. The van der Waals surface area contributed by atoms with Crippen molar-refractivity contribution in [2.24, 2.45) is 10.9 Å². The van der Waals surface area contributed by atoms with E-state index < -0.39 is 17.9 Å². The van der Waals surface area contributed by atoms with Gasteiger partial charge in [0.25, 0.3) is 5.95 Å². The van der Waals surface area contributed by atoms with E-state index in [9.17, 15) is 9.90 Å². The summed E-state index contributed by atoms with van der Waals surface area (Å²) in [6, 6.07) is 4.98. The fourth-order valence-corrected chi connectivity index (χ4v) is 2.89. The number of aliphatic carboxylic acids is 1. The van der Waals surface area contributed by atoms with E-state index in [2.05, 4.69) is 20.5 Å². The van der Waals surface area contributed by atoms with Crippen molar-refractivity contribution in [3.05, 3.63) is 23.8 Å². The predicted molar refractivity (Wildman–Crippen MR) is 87.2 cm³/mol. The van der Waals surface area contributed by atoms with Gasteiger partial charge in [-0.3, -0.25) is 4.79 Å². The third-order valence-corrected chi connectivity index (χ3v) is 4.10. The number of carboxylic acids is 1. The zero-order chi connectivity index (χ0) is 17.4. The molecule has 1 aliphatic heterocycles. The van der Waals surface area contributed by atoms with E-state index in [0.29, 0.717) is 17.0 Å². The van der Waals surface area contributed by atoms with Gasteiger partial charge in [0, 0.05) is 37.1 Å². The molecule has 9 nitrogen and oxygen atoms in total. The van der Waals surface area contributed by atoms with Crippen molar-refractivity contribution in [3.8, 4) is 5.75 Å². The molecule has 3 rings (SSSR count). The molecule has 0 spiro atoms. The lowest BCUT2D eigenvalue weighted by molar-refractivity contribution is -0.140. The molecule has 0 amide bonds. The molecule has 2 aromatic rings. The molecule has 2 atom stereocenters. The van der Waals surface area contributed by atoms with Crippen LogP contribution < -0.4 is 9.64 Å². The molecule has 1 aromatic carbocycles. The number of aliphatic imine (C=N–C) groups is 1. The standard InChI is InChI=1S/C15H18N6O3/c1-8-12(14(22)23)13(21-15(16-8)17-18-19-21)10-6-5-9(20(2)3)7-11(10)24-4/h5-7,12-13H,1-4H3,(H,22,23). The first-order valence-electron chi connectivity index (χ1n) is 7.35. The van der Waals surface area contributed by atoms with Crippen molar-refractivity contribution < 1.29 is 14.6 Å². The van der Waals surface area contributed by atoms with Crippen molar-refractivity contribution in [1.29, 1.82) is 0 Å². The van der Waals surface area contributed by atoms with Crippen LogP contribution in [0.25, 0.3) is 0 Å². The van der Waals surface area contributed by atoms with Gasteiger partial charge in [-0.05, 0) is 23.4 Å². The second-order valence-electron chi connectivity index (χ2n) is 5.76. The highest BCUT2D eigenvalue weighted by Gasteiger charge is 2.40. The van der Waals surface area contributed by atoms with E-state index >= 15 is 0 Å². The average Bonchev–Trinajstić information content (AvgIpc) is 3.00. The average molecular weight is 330 g/mol. The highest BCUT2D eigenvalue weighted by Crippen LogP contribution is 2.40. The highest BCUT2D eigenvalue weighted by atomic mass is 16.5. The Hall–Kier alpha value is -2.97. The maximum Gasteiger partial charge on any atom is 0.314 e. The first kappa shape index (κ1) is 15.9. The summed E-state index contributed by atoms with van der Waals surface area (Å²) in [5.74, 6) is -0.997. The number of benzene rings is 1. The summed E-state index contributed by atoms with van der Waals surface area (Å²) in [6.07, 6.45) is 0. The summed E-state index contributed by atoms with van der Waals surface area (Å²) < 4.78 is 6.93. The third-order valence-electron chi connectivity index (χ3n) is 4.10. The number of methoxy groups -OCH3 is 1. The Morgan fingerprint density at radius 2 is 2.12 bits per heavy atom. The van der Waals surface area contributed by atoms with Crippen LogP contribution >= 0.6 is 0 Å². The normalized spacial score (nSPS) is 19.4. The molecule has 0 saturated carbocycles. The molecule has 0 aliphatic carbocycles. The molecule has 1 aliphatic rings. The van der Waals surface area contributed by atoms with Crippen LogP contribution in [0.15, 0.2) is 23.2 Å². The maximum absolute atomic E-state index is 11.8. The summed E-state index contributed by atoms with van der Waals surface area (Å²) in [5, 5.41) is 21.1. The van der Waals surface area contributed by atoms with Crippen LogP contribution in [0.4, 0.5) is 11.6 Å². The van der Waals surface area contributed by atoms with Crippen LogP contribution in [-0.4, -0.2) is 58.2 Å². The van der Waals surface area contributed by atoms with E-state index in [1.165, 1.54) is 4.68 Å². The fourth-order valence-electron chi connectivity index (χ4n) is 2.89. The quantitative estimate of drug-likeness (QED) is 0.896. The number of rotatable bonds is 4. The smallest absolute Gasteiger partial charge is 0.314 e. The Morgan fingerprint density at radius 3 is 2.75 bits per heavy atom. The van der Waals surface area contributed by atoms with Crippen LogP contribution in [-0.2, 0) is 4.79 Å². The van der Waals surface area contributed by atoms with Gasteiger partial charge in [-0.15, -0.1) is 0 Å².